The summed E-state index contributed by atoms with van der Waals surface area (Å²) in [6, 6.07) is 10.8. The largest absolute Gasteiger partial charge is 0.355 e. The summed E-state index contributed by atoms with van der Waals surface area (Å²) >= 11 is 0. The standard InChI is InChI=1S/C19H32N4O/c1-15(2)12-17-13-18(22-21-17)19(24)20-10-7-11-23(3)14-16-8-5-4-6-9-16/h4-6,8-9,15,17-18,21-22H,7,10-14H2,1-3H3,(H,20,24). The molecule has 0 aliphatic carbocycles. The van der Waals surface area contributed by atoms with Gasteiger partial charge in [-0.2, -0.15) is 0 Å². The lowest BCUT2D eigenvalue weighted by Crippen LogP contribution is -2.44. The predicted octanol–water partition coefficient (Wildman–Crippen LogP) is 1.91. The van der Waals surface area contributed by atoms with Crippen molar-refractivity contribution in [2.45, 2.75) is 51.7 Å². The Balaban J connectivity index is 1.58. The summed E-state index contributed by atoms with van der Waals surface area (Å²) in [5.41, 5.74) is 7.68. The summed E-state index contributed by atoms with van der Waals surface area (Å²) in [5, 5.41) is 3.05. The molecule has 1 saturated heterocycles. The van der Waals surface area contributed by atoms with Gasteiger partial charge in [0.15, 0.2) is 0 Å². The maximum atomic E-state index is 12.2. The Morgan fingerprint density at radius 1 is 1.29 bits per heavy atom. The molecule has 1 aliphatic heterocycles. The average Bonchev–Trinajstić information content (AvgIpc) is 3.00. The average molecular weight is 332 g/mol. The normalized spacial score (nSPS) is 20.7. The summed E-state index contributed by atoms with van der Waals surface area (Å²) in [6.07, 6.45) is 2.93. The fourth-order valence-corrected chi connectivity index (χ4v) is 3.18. The van der Waals surface area contributed by atoms with Gasteiger partial charge in [0.25, 0.3) is 0 Å². The van der Waals surface area contributed by atoms with Crippen molar-refractivity contribution in [2.75, 3.05) is 20.1 Å². The van der Waals surface area contributed by atoms with E-state index in [-0.39, 0.29) is 11.9 Å². The Labute approximate surface area is 146 Å². The van der Waals surface area contributed by atoms with Gasteiger partial charge in [-0.1, -0.05) is 44.2 Å². The minimum Gasteiger partial charge on any atom is -0.355 e. The van der Waals surface area contributed by atoms with Crippen LogP contribution in [-0.4, -0.2) is 43.0 Å². The molecule has 0 bridgehead atoms. The molecule has 5 nitrogen and oxygen atoms in total. The molecule has 2 rings (SSSR count). The Hall–Kier alpha value is -1.43. The highest BCUT2D eigenvalue weighted by molar-refractivity contribution is 5.81. The number of carbonyl (C=O) groups is 1. The molecule has 1 fully saturated rings. The first kappa shape index (κ1) is 18.9. The van der Waals surface area contributed by atoms with E-state index in [0.29, 0.717) is 12.0 Å². The van der Waals surface area contributed by atoms with Gasteiger partial charge in [-0.25, -0.2) is 5.43 Å². The topological polar surface area (TPSA) is 56.4 Å². The summed E-state index contributed by atoms with van der Waals surface area (Å²) in [4.78, 5) is 14.5. The van der Waals surface area contributed by atoms with Crippen LogP contribution in [0.4, 0.5) is 0 Å². The van der Waals surface area contributed by atoms with Crippen molar-refractivity contribution in [3.63, 3.8) is 0 Å². The second-order valence-corrected chi connectivity index (χ2v) is 7.27. The number of hydrazine groups is 1. The quantitative estimate of drug-likeness (QED) is 0.605. The van der Waals surface area contributed by atoms with Crippen molar-refractivity contribution in [3.05, 3.63) is 35.9 Å². The van der Waals surface area contributed by atoms with E-state index in [1.165, 1.54) is 5.56 Å². The maximum absolute atomic E-state index is 12.2. The molecule has 134 valence electrons. The number of rotatable bonds is 9. The fourth-order valence-electron chi connectivity index (χ4n) is 3.18. The maximum Gasteiger partial charge on any atom is 0.238 e. The third kappa shape index (κ3) is 6.59. The fraction of sp³-hybridized carbons (Fsp3) is 0.632. The minimum atomic E-state index is -0.101. The lowest BCUT2D eigenvalue weighted by atomic mass is 10.00. The molecule has 1 aliphatic rings. The number of hydrogen-bond acceptors (Lipinski definition) is 4. The van der Waals surface area contributed by atoms with Crippen LogP contribution < -0.4 is 16.2 Å². The van der Waals surface area contributed by atoms with Gasteiger partial charge in [-0.05, 0) is 44.3 Å². The monoisotopic (exact) mass is 332 g/mol. The third-order valence-electron chi connectivity index (χ3n) is 4.37. The van der Waals surface area contributed by atoms with E-state index in [1.54, 1.807) is 0 Å². The molecule has 1 heterocycles. The van der Waals surface area contributed by atoms with Crippen molar-refractivity contribution in [1.82, 2.24) is 21.1 Å². The van der Waals surface area contributed by atoms with Gasteiger partial charge in [0.2, 0.25) is 5.91 Å². The molecule has 2 atom stereocenters. The van der Waals surface area contributed by atoms with E-state index >= 15 is 0 Å². The molecule has 3 N–H and O–H groups in total. The number of nitrogens with one attached hydrogen (secondary N) is 3. The Morgan fingerprint density at radius 2 is 2.04 bits per heavy atom. The summed E-state index contributed by atoms with van der Waals surface area (Å²) in [7, 11) is 2.12. The van der Waals surface area contributed by atoms with E-state index in [9.17, 15) is 4.79 Å². The van der Waals surface area contributed by atoms with Crippen molar-refractivity contribution in [3.8, 4) is 0 Å². The van der Waals surface area contributed by atoms with Crippen molar-refractivity contribution >= 4 is 5.91 Å². The summed E-state index contributed by atoms with van der Waals surface area (Å²) in [5.74, 6) is 0.755. The Morgan fingerprint density at radius 3 is 2.75 bits per heavy atom. The van der Waals surface area contributed by atoms with E-state index in [1.807, 2.05) is 6.07 Å². The highest BCUT2D eigenvalue weighted by atomic mass is 16.2. The zero-order valence-corrected chi connectivity index (χ0v) is 15.2. The van der Waals surface area contributed by atoms with Crippen molar-refractivity contribution in [2.24, 2.45) is 5.92 Å². The van der Waals surface area contributed by atoms with Crippen molar-refractivity contribution in [1.29, 1.82) is 0 Å². The van der Waals surface area contributed by atoms with Crippen LogP contribution in [0.25, 0.3) is 0 Å². The van der Waals surface area contributed by atoms with Gasteiger partial charge in [0, 0.05) is 19.1 Å². The molecule has 2 unspecified atom stereocenters. The molecule has 1 aromatic carbocycles. The first-order valence-corrected chi connectivity index (χ1v) is 9.06. The van der Waals surface area contributed by atoms with Gasteiger partial charge >= 0.3 is 0 Å². The molecule has 0 spiro atoms. The molecule has 1 aromatic rings. The van der Waals surface area contributed by atoms with Gasteiger partial charge in [-0.15, -0.1) is 0 Å². The number of benzene rings is 1. The number of amides is 1. The molecule has 0 saturated carbocycles. The Bertz CT molecular complexity index is 491. The van der Waals surface area contributed by atoms with E-state index in [0.717, 1.165) is 38.9 Å². The first-order chi connectivity index (χ1) is 11.5. The smallest absolute Gasteiger partial charge is 0.238 e. The Kier molecular flexibility index (Phi) is 7.69. The molecule has 0 aromatic heterocycles. The summed E-state index contributed by atoms with van der Waals surface area (Å²) in [6.45, 7) is 7.06. The second-order valence-electron chi connectivity index (χ2n) is 7.27. The zero-order chi connectivity index (χ0) is 17.4. The van der Waals surface area contributed by atoms with E-state index < -0.39 is 0 Å². The number of nitrogens with zero attached hydrogens (tertiary/aromatic N) is 1. The highest BCUT2D eigenvalue weighted by Gasteiger charge is 2.29. The van der Waals surface area contributed by atoms with Gasteiger partial charge in [0.05, 0.1) is 0 Å². The molecule has 24 heavy (non-hydrogen) atoms. The zero-order valence-electron chi connectivity index (χ0n) is 15.2. The SMILES string of the molecule is CC(C)CC1CC(C(=O)NCCCN(C)Cc2ccccc2)NN1. The van der Waals surface area contributed by atoms with Crippen LogP contribution in [-0.2, 0) is 11.3 Å². The lowest BCUT2D eigenvalue weighted by molar-refractivity contribution is -0.122. The summed E-state index contributed by atoms with van der Waals surface area (Å²) < 4.78 is 0. The minimum absolute atomic E-state index is 0.101. The van der Waals surface area contributed by atoms with Crippen LogP contribution in [0.1, 0.15) is 38.7 Å². The van der Waals surface area contributed by atoms with Crippen LogP contribution in [0.2, 0.25) is 0 Å². The van der Waals surface area contributed by atoms with E-state index in [2.05, 4.69) is 66.2 Å². The highest BCUT2D eigenvalue weighted by Crippen LogP contribution is 2.13. The van der Waals surface area contributed by atoms with Crippen LogP contribution in [0.5, 0.6) is 0 Å². The van der Waals surface area contributed by atoms with Gasteiger partial charge < -0.3 is 10.2 Å². The molecular weight excluding hydrogens is 300 g/mol. The van der Waals surface area contributed by atoms with Crippen LogP contribution in [0, 0.1) is 5.92 Å². The first-order valence-electron chi connectivity index (χ1n) is 9.06. The van der Waals surface area contributed by atoms with Crippen LogP contribution >= 0.6 is 0 Å². The predicted molar refractivity (Wildman–Crippen MR) is 98.3 cm³/mol. The third-order valence-corrected chi connectivity index (χ3v) is 4.37. The second kappa shape index (κ2) is 9.77. The molecule has 1 amide bonds. The molecule has 5 heteroatoms. The number of hydrogen-bond donors (Lipinski definition) is 3. The van der Waals surface area contributed by atoms with E-state index in [4.69, 9.17) is 0 Å². The van der Waals surface area contributed by atoms with Crippen LogP contribution in [0.15, 0.2) is 30.3 Å². The van der Waals surface area contributed by atoms with Crippen molar-refractivity contribution < 1.29 is 4.79 Å². The number of carbonyl (C=O) groups excluding carboxylic acids is 1. The van der Waals surface area contributed by atoms with Crippen LogP contribution in [0.3, 0.4) is 0 Å². The van der Waals surface area contributed by atoms with Gasteiger partial charge in [-0.3, -0.25) is 10.2 Å². The van der Waals surface area contributed by atoms with Gasteiger partial charge in [0.1, 0.15) is 6.04 Å². The molecular formula is C19H32N4O. The lowest BCUT2D eigenvalue weighted by Gasteiger charge is -2.17. The molecule has 0 radical (unpaired) electrons.